The first-order valence-electron chi connectivity index (χ1n) is 9.03. The average molecular weight is 420 g/mol. The molecule has 0 aliphatic carbocycles. The van der Waals surface area contributed by atoms with Crippen LogP contribution >= 0.6 is 11.6 Å². The van der Waals surface area contributed by atoms with Gasteiger partial charge in [-0.25, -0.2) is 4.79 Å². The molecule has 7 nitrogen and oxygen atoms in total. The van der Waals surface area contributed by atoms with Gasteiger partial charge in [0.05, 0.1) is 11.6 Å². The zero-order valence-electron chi connectivity index (χ0n) is 16.5. The number of hydrogen-bond acceptors (Lipinski definition) is 6. The second kappa shape index (κ2) is 9.15. The number of halogens is 1. The van der Waals surface area contributed by atoms with E-state index in [9.17, 15) is 9.59 Å². The molecule has 0 amide bonds. The summed E-state index contributed by atoms with van der Waals surface area (Å²) in [7, 11) is 1.63. The molecule has 0 bridgehead atoms. The smallest absolute Gasteiger partial charge is 0.331 e. The fourth-order valence-corrected chi connectivity index (χ4v) is 3.39. The number of hydrogen-bond donors (Lipinski definition) is 0. The van der Waals surface area contributed by atoms with Crippen LogP contribution in [0.3, 0.4) is 0 Å². The lowest BCUT2D eigenvalue weighted by Crippen LogP contribution is -2.14. The molecule has 29 heavy (non-hydrogen) atoms. The number of rotatable bonds is 8. The summed E-state index contributed by atoms with van der Waals surface area (Å²) in [5.74, 6) is 0.125. The van der Waals surface area contributed by atoms with Gasteiger partial charge in [0.15, 0.2) is 18.1 Å². The van der Waals surface area contributed by atoms with Crippen molar-refractivity contribution in [1.29, 1.82) is 0 Å². The van der Waals surface area contributed by atoms with Gasteiger partial charge in [-0.15, -0.1) is 0 Å². The van der Waals surface area contributed by atoms with Crippen LogP contribution < -0.4 is 9.47 Å². The summed E-state index contributed by atoms with van der Waals surface area (Å²) in [6.45, 7) is 4.76. The molecule has 8 heteroatoms. The quantitative estimate of drug-likeness (QED) is 0.370. The summed E-state index contributed by atoms with van der Waals surface area (Å²) in [6.07, 6.45) is 2.78. The van der Waals surface area contributed by atoms with Gasteiger partial charge < -0.3 is 23.5 Å². The number of carbonyl (C=O) groups excluding carboxylic acids is 2. The third-order valence-electron chi connectivity index (χ3n) is 4.60. The molecule has 3 rings (SSSR count). The number of esters is 1. The van der Waals surface area contributed by atoms with E-state index in [0.29, 0.717) is 40.8 Å². The van der Waals surface area contributed by atoms with Crippen LogP contribution in [0.15, 0.2) is 24.3 Å². The van der Waals surface area contributed by atoms with Gasteiger partial charge in [0.2, 0.25) is 12.6 Å². The van der Waals surface area contributed by atoms with E-state index in [1.54, 1.807) is 25.3 Å². The number of ether oxygens (including phenoxy) is 4. The fourth-order valence-electron chi connectivity index (χ4n) is 3.12. The molecular formula is C21H22ClNO6. The maximum atomic E-state index is 12.5. The highest BCUT2D eigenvalue weighted by molar-refractivity contribution is 6.32. The molecule has 0 unspecified atom stereocenters. The Morgan fingerprint density at radius 3 is 2.79 bits per heavy atom. The Labute approximate surface area is 173 Å². The van der Waals surface area contributed by atoms with Crippen molar-refractivity contribution in [2.45, 2.75) is 20.4 Å². The van der Waals surface area contributed by atoms with E-state index in [4.69, 9.17) is 30.5 Å². The van der Waals surface area contributed by atoms with Crippen molar-refractivity contribution < 1.29 is 28.5 Å². The highest BCUT2D eigenvalue weighted by Crippen LogP contribution is 2.40. The number of methoxy groups -OCH3 is 1. The second-order valence-corrected chi connectivity index (χ2v) is 6.94. The highest BCUT2D eigenvalue weighted by Gasteiger charge is 2.18. The topological polar surface area (TPSA) is 76.0 Å². The van der Waals surface area contributed by atoms with Gasteiger partial charge >= 0.3 is 5.97 Å². The Kier molecular flexibility index (Phi) is 6.61. The molecule has 0 radical (unpaired) electrons. The van der Waals surface area contributed by atoms with Crippen LogP contribution in [0.1, 0.15) is 27.3 Å². The lowest BCUT2D eigenvalue weighted by molar-refractivity contribution is -0.136. The Hall–Kier alpha value is -2.77. The van der Waals surface area contributed by atoms with E-state index in [1.165, 1.54) is 12.2 Å². The number of Topliss-reactive ketones (excluding diaryl/α,β-unsaturated/α-hetero) is 1. The van der Waals surface area contributed by atoms with E-state index >= 15 is 0 Å². The predicted octanol–water partition coefficient (Wildman–Crippen LogP) is 3.57. The van der Waals surface area contributed by atoms with Crippen molar-refractivity contribution in [3.05, 3.63) is 51.8 Å². The zero-order chi connectivity index (χ0) is 21.0. The Morgan fingerprint density at radius 2 is 2.03 bits per heavy atom. The third-order valence-corrected chi connectivity index (χ3v) is 4.88. The second-order valence-electron chi connectivity index (χ2n) is 6.53. The third kappa shape index (κ3) is 4.81. The lowest BCUT2D eigenvalue weighted by atomic mass is 10.1. The van der Waals surface area contributed by atoms with E-state index in [1.807, 2.05) is 18.4 Å². The van der Waals surface area contributed by atoms with Gasteiger partial charge in [0.25, 0.3) is 0 Å². The molecule has 1 aromatic heterocycles. The number of aryl methyl sites for hydroxylation is 1. The largest absolute Gasteiger partial charge is 0.454 e. The zero-order valence-corrected chi connectivity index (χ0v) is 17.2. The highest BCUT2D eigenvalue weighted by atomic mass is 35.5. The predicted molar refractivity (Wildman–Crippen MR) is 108 cm³/mol. The van der Waals surface area contributed by atoms with Gasteiger partial charge in [-0.1, -0.05) is 11.6 Å². The molecule has 0 atom stereocenters. The molecule has 2 heterocycles. The first-order valence-corrected chi connectivity index (χ1v) is 9.41. The standard InChI is InChI=1S/C21H22ClNO6/c1-13-8-16(14(2)23(13)6-7-26-3)18(24)11-27-20(25)5-4-15-9-17(22)21-19(10-15)28-12-29-21/h4-5,8-10H,6-7,11-12H2,1-3H3/b5-4+. The van der Waals surface area contributed by atoms with Crippen molar-refractivity contribution in [3.63, 3.8) is 0 Å². The number of benzene rings is 1. The van der Waals surface area contributed by atoms with Crippen molar-refractivity contribution in [1.82, 2.24) is 4.57 Å². The molecule has 1 aliphatic heterocycles. The van der Waals surface area contributed by atoms with Gasteiger partial charge in [0, 0.05) is 36.7 Å². The summed E-state index contributed by atoms with van der Waals surface area (Å²) in [4.78, 5) is 24.5. The number of fused-ring (bicyclic) bond motifs is 1. The summed E-state index contributed by atoms with van der Waals surface area (Å²) in [5, 5.41) is 0.395. The van der Waals surface area contributed by atoms with Crippen molar-refractivity contribution >= 4 is 29.4 Å². The normalized spacial score (nSPS) is 12.6. The summed E-state index contributed by atoms with van der Waals surface area (Å²) < 4.78 is 22.7. The number of ketones is 1. The molecule has 2 aromatic rings. The molecule has 0 fully saturated rings. The van der Waals surface area contributed by atoms with Crippen molar-refractivity contribution in [3.8, 4) is 11.5 Å². The molecule has 0 N–H and O–H groups in total. The number of nitrogens with zero attached hydrogens (tertiary/aromatic N) is 1. The van der Waals surface area contributed by atoms with Crippen LogP contribution in [0.2, 0.25) is 5.02 Å². The van der Waals surface area contributed by atoms with Gasteiger partial charge in [-0.3, -0.25) is 4.79 Å². The van der Waals surface area contributed by atoms with Crippen LogP contribution in [0, 0.1) is 13.8 Å². The van der Waals surface area contributed by atoms with Gasteiger partial charge in [-0.2, -0.15) is 0 Å². The maximum absolute atomic E-state index is 12.5. The fraction of sp³-hybridized carbons (Fsp3) is 0.333. The number of carbonyl (C=O) groups is 2. The van der Waals surface area contributed by atoms with E-state index < -0.39 is 5.97 Å². The molecular weight excluding hydrogens is 398 g/mol. The Balaban J connectivity index is 1.59. The van der Waals surface area contributed by atoms with E-state index in [-0.39, 0.29) is 19.2 Å². The minimum absolute atomic E-state index is 0.110. The molecule has 154 valence electrons. The summed E-state index contributed by atoms with van der Waals surface area (Å²) >= 11 is 6.11. The van der Waals surface area contributed by atoms with Crippen LogP contribution in [0.4, 0.5) is 0 Å². The minimum Gasteiger partial charge on any atom is -0.454 e. The summed E-state index contributed by atoms with van der Waals surface area (Å²) in [5.41, 5.74) is 2.97. The van der Waals surface area contributed by atoms with E-state index in [0.717, 1.165) is 11.4 Å². The van der Waals surface area contributed by atoms with Gasteiger partial charge in [0.1, 0.15) is 0 Å². The molecule has 1 aliphatic rings. The average Bonchev–Trinajstić information content (AvgIpc) is 3.28. The maximum Gasteiger partial charge on any atom is 0.331 e. The molecule has 1 aromatic carbocycles. The van der Waals surface area contributed by atoms with Crippen molar-refractivity contribution in [2.24, 2.45) is 0 Å². The van der Waals surface area contributed by atoms with Gasteiger partial charge in [-0.05, 0) is 43.7 Å². The van der Waals surface area contributed by atoms with Crippen molar-refractivity contribution in [2.75, 3.05) is 27.1 Å². The molecule has 0 saturated carbocycles. The lowest BCUT2D eigenvalue weighted by Gasteiger charge is -2.08. The first-order chi connectivity index (χ1) is 13.9. The van der Waals surface area contributed by atoms with Crippen LogP contribution in [-0.2, 0) is 20.8 Å². The SMILES string of the molecule is COCCn1c(C)cc(C(=O)COC(=O)/C=C/c2cc(Cl)c3c(c2)OCO3)c1C. The summed E-state index contributed by atoms with van der Waals surface area (Å²) in [6, 6.07) is 5.16. The van der Waals surface area contributed by atoms with Crippen LogP contribution in [-0.4, -0.2) is 43.4 Å². The van der Waals surface area contributed by atoms with E-state index in [2.05, 4.69) is 0 Å². The monoisotopic (exact) mass is 419 g/mol. The van der Waals surface area contributed by atoms with Crippen LogP contribution in [0.25, 0.3) is 6.08 Å². The first kappa shape index (κ1) is 21.0. The number of aromatic nitrogens is 1. The Bertz CT molecular complexity index is 963. The van der Waals surface area contributed by atoms with Crippen LogP contribution in [0.5, 0.6) is 11.5 Å². The Morgan fingerprint density at radius 1 is 1.24 bits per heavy atom. The molecule has 0 spiro atoms. The minimum atomic E-state index is -0.625. The molecule has 0 saturated heterocycles.